The Morgan fingerprint density at radius 2 is 2.00 bits per heavy atom. The van der Waals surface area contributed by atoms with Crippen LogP contribution in [-0.4, -0.2) is 0 Å². The summed E-state index contributed by atoms with van der Waals surface area (Å²) in [7, 11) is 0. The van der Waals surface area contributed by atoms with Crippen LogP contribution in [0.2, 0.25) is 0 Å². The molecule has 0 saturated carbocycles. The van der Waals surface area contributed by atoms with Crippen LogP contribution in [-0.2, 0) is 4.74 Å². The van der Waals surface area contributed by atoms with Crippen LogP contribution >= 0.6 is 0 Å². The number of ether oxygens (including phenoxy) is 1. The Kier molecular flexibility index (Phi) is 2.76. The number of hydrogen-bond donors (Lipinski definition) is 0. The molecular weight excluding hydrogens is 138 g/mol. The van der Waals surface area contributed by atoms with Crippen molar-refractivity contribution in [3.05, 3.63) is 42.2 Å². The molecule has 0 aliphatic heterocycles. The summed E-state index contributed by atoms with van der Waals surface area (Å²) in [5.41, 5.74) is 1.02. The lowest BCUT2D eigenvalue weighted by Crippen LogP contribution is -1.69. The third-order valence-electron chi connectivity index (χ3n) is 1.18. The van der Waals surface area contributed by atoms with E-state index in [9.17, 15) is 0 Å². The van der Waals surface area contributed by atoms with Crippen molar-refractivity contribution < 1.29 is 4.74 Å². The van der Waals surface area contributed by atoms with E-state index in [0.717, 1.165) is 5.56 Å². The molecule has 1 rings (SSSR count). The van der Waals surface area contributed by atoms with Gasteiger partial charge in [-0.1, -0.05) is 30.3 Å². The molecule has 0 bridgehead atoms. The molecule has 0 aliphatic carbocycles. The van der Waals surface area contributed by atoms with Crippen LogP contribution in [0.4, 0.5) is 0 Å². The van der Waals surface area contributed by atoms with E-state index in [0.29, 0.717) is 0 Å². The van der Waals surface area contributed by atoms with E-state index >= 15 is 0 Å². The first-order chi connectivity index (χ1) is 5.43. The minimum Gasteiger partial charge on any atom is -0.396 e. The van der Waals surface area contributed by atoms with Gasteiger partial charge in [0.1, 0.15) is 6.26 Å². The lowest BCUT2D eigenvalue weighted by Gasteiger charge is -1.88. The lowest BCUT2D eigenvalue weighted by molar-refractivity contribution is 0.432. The maximum atomic E-state index is 8.02. The van der Waals surface area contributed by atoms with Crippen LogP contribution in [0.1, 0.15) is 5.56 Å². The molecule has 11 heavy (non-hydrogen) atoms. The number of nitriles is 1. The molecule has 2 heteroatoms. The van der Waals surface area contributed by atoms with Crippen molar-refractivity contribution >= 4 is 6.08 Å². The van der Waals surface area contributed by atoms with Crippen LogP contribution in [0.3, 0.4) is 0 Å². The highest BCUT2D eigenvalue weighted by molar-refractivity contribution is 5.47. The normalized spacial score (nSPS) is 9.36. The quantitative estimate of drug-likeness (QED) is 0.472. The first-order valence-corrected chi connectivity index (χ1v) is 3.20. The predicted octanol–water partition coefficient (Wildman–Crippen LogP) is 2.15. The second-order valence-electron chi connectivity index (χ2n) is 1.92. The van der Waals surface area contributed by atoms with Crippen LogP contribution in [0, 0.1) is 11.5 Å². The van der Waals surface area contributed by atoms with Gasteiger partial charge in [0.2, 0.25) is 0 Å². The minimum absolute atomic E-state index is 1.02. The summed E-state index contributed by atoms with van der Waals surface area (Å²) >= 11 is 0. The standard InChI is InChI=1S/C9H7NO/c10-8-11-7-6-9-4-2-1-3-5-9/h1-7H/b7-6+. The molecular formula is C9H7NO. The lowest BCUT2D eigenvalue weighted by atomic mass is 10.2. The molecule has 0 amide bonds. The summed E-state index contributed by atoms with van der Waals surface area (Å²) in [6.07, 6.45) is 4.63. The van der Waals surface area contributed by atoms with Crippen LogP contribution in [0.5, 0.6) is 0 Å². The van der Waals surface area contributed by atoms with Gasteiger partial charge in [-0.15, -0.1) is 5.26 Å². The van der Waals surface area contributed by atoms with Gasteiger partial charge in [0.05, 0.1) is 0 Å². The Bertz CT molecular complexity index is 271. The van der Waals surface area contributed by atoms with Crippen molar-refractivity contribution in [2.24, 2.45) is 0 Å². The summed E-state index contributed by atoms with van der Waals surface area (Å²) < 4.78 is 4.36. The van der Waals surface area contributed by atoms with Crippen molar-refractivity contribution in [3.63, 3.8) is 0 Å². The minimum atomic E-state index is 1.02. The van der Waals surface area contributed by atoms with Gasteiger partial charge in [-0.05, 0) is 11.6 Å². The zero-order valence-electron chi connectivity index (χ0n) is 5.90. The fourth-order valence-electron chi connectivity index (χ4n) is 0.707. The van der Waals surface area contributed by atoms with Gasteiger partial charge in [0, 0.05) is 0 Å². The molecule has 54 valence electrons. The van der Waals surface area contributed by atoms with Crippen molar-refractivity contribution in [1.82, 2.24) is 0 Å². The molecule has 0 heterocycles. The van der Waals surface area contributed by atoms with Gasteiger partial charge in [-0.2, -0.15) is 0 Å². The molecule has 0 spiro atoms. The zero-order valence-corrected chi connectivity index (χ0v) is 5.90. The van der Waals surface area contributed by atoms with Gasteiger partial charge in [-0.3, -0.25) is 0 Å². The summed E-state index contributed by atoms with van der Waals surface area (Å²) in [5.74, 6) is 0. The third-order valence-corrected chi connectivity index (χ3v) is 1.18. The molecule has 0 fully saturated rings. The molecule has 0 radical (unpaired) electrons. The summed E-state index contributed by atoms with van der Waals surface area (Å²) in [5, 5.41) is 8.02. The Morgan fingerprint density at radius 3 is 2.64 bits per heavy atom. The predicted molar refractivity (Wildman–Crippen MR) is 42.2 cm³/mol. The van der Waals surface area contributed by atoms with Gasteiger partial charge >= 0.3 is 0 Å². The van der Waals surface area contributed by atoms with Crippen LogP contribution in [0.25, 0.3) is 6.08 Å². The molecule has 1 aromatic carbocycles. The van der Waals surface area contributed by atoms with Crippen LogP contribution in [0.15, 0.2) is 36.6 Å². The van der Waals surface area contributed by atoms with Gasteiger partial charge < -0.3 is 4.74 Å². The van der Waals surface area contributed by atoms with E-state index < -0.39 is 0 Å². The molecule has 2 nitrogen and oxygen atoms in total. The van der Waals surface area contributed by atoms with E-state index in [1.165, 1.54) is 6.26 Å². The van der Waals surface area contributed by atoms with E-state index in [-0.39, 0.29) is 0 Å². The highest BCUT2D eigenvalue weighted by atomic mass is 16.5. The first kappa shape index (κ1) is 7.36. The molecule has 0 aromatic heterocycles. The second kappa shape index (κ2) is 4.13. The largest absolute Gasteiger partial charge is 0.396 e. The fourth-order valence-corrected chi connectivity index (χ4v) is 0.707. The van der Waals surface area contributed by atoms with E-state index in [2.05, 4.69) is 4.74 Å². The molecule has 0 unspecified atom stereocenters. The summed E-state index contributed by atoms with van der Waals surface area (Å²) in [6, 6.07) is 9.63. The average molecular weight is 145 g/mol. The maximum Gasteiger partial charge on any atom is 0.291 e. The molecule has 0 saturated heterocycles. The van der Waals surface area contributed by atoms with Crippen molar-refractivity contribution in [2.75, 3.05) is 0 Å². The smallest absolute Gasteiger partial charge is 0.291 e. The first-order valence-electron chi connectivity index (χ1n) is 3.20. The number of rotatable bonds is 2. The number of benzene rings is 1. The third kappa shape index (κ3) is 2.55. The van der Waals surface area contributed by atoms with Crippen molar-refractivity contribution in [1.29, 1.82) is 5.26 Å². The topological polar surface area (TPSA) is 33.0 Å². The Morgan fingerprint density at radius 1 is 1.27 bits per heavy atom. The van der Waals surface area contributed by atoms with Gasteiger partial charge in [0.15, 0.2) is 0 Å². The molecule has 0 atom stereocenters. The average Bonchev–Trinajstić information content (AvgIpc) is 2.07. The van der Waals surface area contributed by atoms with Crippen LogP contribution < -0.4 is 0 Å². The summed E-state index contributed by atoms with van der Waals surface area (Å²) in [4.78, 5) is 0. The molecule has 0 N–H and O–H groups in total. The fraction of sp³-hybridized carbons (Fsp3) is 0. The highest BCUT2D eigenvalue weighted by Crippen LogP contribution is 2.00. The SMILES string of the molecule is N#CO/C=C/c1ccccc1. The number of nitrogens with zero attached hydrogens (tertiary/aromatic N) is 1. The van der Waals surface area contributed by atoms with Crippen molar-refractivity contribution in [2.45, 2.75) is 0 Å². The van der Waals surface area contributed by atoms with Crippen molar-refractivity contribution in [3.8, 4) is 6.26 Å². The Hall–Kier alpha value is -1.75. The van der Waals surface area contributed by atoms with E-state index in [4.69, 9.17) is 5.26 Å². The second-order valence-corrected chi connectivity index (χ2v) is 1.92. The van der Waals surface area contributed by atoms with Gasteiger partial charge in [-0.25, -0.2) is 0 Å². The summed E-state index contributed by atoms with van der Waals surface area (Å²) in [6.45, 7) is 0. The number of hydrogen-bond acceptors (Lipinski definition) is 2. The Balaban J connectivity index is 2.59. The van der Waals surface area contributed by atoms with E-state index in [1.54, 1.807) is 12.3 Å². The Labute approximate surface area is 65.3 Å². The van der Waals surface area contributed by atoms with E-state index in [1.807, 2.05) is 30.3 Å². The zero-order chi connectivity index (χ0) is 7.94. The monoisotopic (exact) mass is 145 g/mol. The molecule has 1 aromatic rings. The molecule has 0 aliphatic rings. The highest BCUT2D eigenvalue weighted by Gasteiger charge is 1.80. The van der Waals surface area contributed by atoms with Gasteiger partial charge in [0.25, 0.3) is 6.26 Å². The maximum absolute atomic E-state index is 8.02.